The summed E-state index contributed by atoms with van der Waals surface area (Å²) in [6.07, 6.45) is 4.76. The van der Waals surface area contributed by atoms with Crippen molar-refractivity contribution in [3.05, 3.63) is 59.7 Å². The minimum atomic E-state index is 0.147. The SMILES string of the molecule is COc1cc(C/C=C/c2ccc(O)cc2)ccc1O. The number of phenolic OH excluding ortho intramolecular Hbond substituents is 2. The molecule has 0 saturated carbocycles. The molecule has 98 valence electrons. The van der Waals surface area contributed by atoms with Gasteiger partial charge in [0.15, 0.2) is 11.5 Å². The van der Waals surface area contributed by atoms with Crippen LogP contribution >= 0.6 is 0 Å². The number of hydrogen-bond acceptors (Lipinski definition) is 3. The predicted molar refractivity (Wildman–Crippen MR) is 75.5 cm³/mol. The molecule has 0 heterocycles. The zero-order chi connectivity index (χ0) is 13.7. The molecule has 0 aliphatic rings. The molecule has 0 spiro atoms. The topological polar surface area (TPSA) is 49.7 Å². The second kappa shape index (κ2) is 5.96. The number of hydrogen-bond donors (Lipinski definition) is 2. The zero-order valence-electron chi connectivity index (χ0n) is 10.7. The van der Waals surface area contributed by atoms with Gasteiger partial charge in [-0.2, -0.15) is 0 Å². The Kier molecular flexibility index (Phi) is 4.08. The van der Waals surface area contributed by atoms with E-state index < -0.39 is 0 Å². The molecule has 2 aromatic rings. The van der Waals surface area contributed by atoms with Crippen molar-refractivity contribution in [1.82, 2.24) is 0 Å². The molecule has 3 nitrogen and oxygen atoms in total. The molecule has 0 fully saturated rings. The van der Waals surface area contributed by atoms with E-state index in [-0.39, 0.29) is 11.5 Å². The minimum Gasteiger partial charge on any atom is -0.508 e. The average molecular weight is 256 g/mol. The molecule has 2 rings (SSSR count). The second-order valence-corrected chi connectivity index (χ2v) is 4.20. The van der Waals surface area contributed by atoms with Gasteiger partial charge in [-0.1, -0.05) is 30.4 Å². The van der Waals surface area contributed by atoms with E-state index in [0.717, 1.165) is 17.5 Å². The average Bonchev–Trinajstić information content (AvgIpc) is 2.43. The fourth-order valence-corrected chi connectivity index (χ4v) is 1.77. The largest absolute Gasteiger partial charge is 0.508 e. The number of rotatable bonds is 4. The lowest BCUT2D eigenvalue weighted by Gasteiger charge is -2.04. The molecule has 0 amide bonds. The first-order valence-corrected chi connectivity index (χ1v) is 6.00. The van der Waals surface area contributed by atoms with Crippen molar-refractivity contribution in [3.63, 3.8) is 0 Å². The van der Waals surface area contributed by atoms with Crippen molar-refractivity contribution < 1.29 is 14.9 Å². The number of ether oxygens (including phenoxy) is 1. The van der Waals surface area contributed by atoms with Gasteiger partial charge in [0.2, 0.25) is 0 Å². The Morgan fingerprint density at radius 1 is 1.05 bits per heavy atom. The van der Waals surface area contributed by atoms with Crippen LogP contribution < -0.4 is 4.74 Å². The van der Waals surface area contributed by atoms with Crippen LogP contribution in [-0.2, 0) is 6.42 Å². The molecule has 0 atom stereocenters. The normalized spacial score (nSPS) is 10.8. The van der Waals surface area contributed by atoms with Crippen LogP contribution in [0.1, 0.15) is 11.1 Å². The van der Waals surface area contributed by atoms with Gasteiger partial charge in [-0.3, -0.25) is 0 Å². The van der Waals surface area contributed by atoms with Crippen molar-refractivity contribution in [2.75, 3.05) is 7.11 Å². The molecule has 2 N–H and O–H groups in total. The van der Waals surface area contributed by atoms with Gasteiger partial charge in [0.05, 0.1) is 7.11 Å². The Balaban J connectivity index is 2.04. The molecule has 0 saturated heterocycles. The first-order valence-electron chi connectivity index (χ1n) is 6.00. The molecule has 2 aromatic carbocycles. The highest BCUT2D eigenvalue weighted by atomic mass is 16.5. The van der Waals surface area contributed by atoms with Crippen LogP contribution in [0, 0.1) is 0 Å². The van der Waals surface area contributed by atoms with E-state index in [1.165, 1.54) is 7.11 Å². The van der Waals surface area contributed by atoms with Crippen LogP contribution in [0.15, 0.2) is 48.5 Å². The second-order valence-electron chi connectivity index (χ2n) is 4.20. The van der Waals surface area contributed by atoms with Gasteiger partial charge in [0, 0.05) is 0 Å². The molecule has 0 aromatic heterocycles. The summed E-state index contributed by atoms with van der Waals surface area (Å²) in [6.45, 7) is 0. The first kappa shape index (κ1) is 13.0. The van der Waals surface area contributed by atoms with E-state index in [1.54, 1.807) is 18.2 Å². The summed E-state index contributed by atoms with van der Waals surface area (Å²) >= 11 is 0. The molecule has 19 heavy (non-hydrogen) atoms. The molecule has 0 unspecified atom stereocenters. The van der Waals surface area contributed by atoms with Crippen molar-refractivity contribution in [3.8, 4) is 17.2 Å². The molecular formula is C16H16O3. The molecule has 0 radical (unpaired) electrons. The van der Waals surface area contributed by atoms with Gasteiger partial charge in [-0.25, -0.2) is 0 Å². The monoisotopic (exact) mass is 256 g/mol. The number of methoxy groups -OCH3 is 1. The van der Waals surface area contributed by atoms with Gasteiger partial charge in [0.1, 0.15) is 5.75 Å². The number of phenols is 2. The van der Waals surface area contributed by atoms with E-state index >= 15 is 0 Å². The van der Waals surface area contributed by atoms with Crippen molar-refractivity contribution >= 4 is 6.08 Å². The summed E-state index contributed by atoms with van der Waals surface area (Å²) in [5.74, 6) is 0.893. The van der Waals surface area contributed by atoms with Gasteiger partial charge in [-0.05, 0) is 41.8 Å². The van der Waals surface area contributed by atoms with E-state index in [1.807, 2.05) is 36.4 Å². The molecule has 0 aliphatic carbocycles. The maximum absolute atomic E-state index is 9.50. The molecule has 0 bridgehead atoms. The van der Waals surface area contributed by atoms with Gasteiger partial charge >= 0.3 is 0 Å². The van der Waals surface area contributed by atoms with Crippen molar-refractivity contribution in [2.45, 2.75) is 6.42 Å². The van der Waals surface area contributed by atoms with Crippen LogP contribution in [-0.4, -0.2) is 17.3 Å². The van der Waals surface area contributed by atoms with E-state index in [4.69, 9.17) is 4.74 Å². The highest BCUT2D eigenvalue weighted by Crippen LogP contribution is 2.26. The lowest BCUT2D eigenvalue weighted by Crippen LogP contribution is -1.87. The lowest BCUT2D eigenvalue weighted by atomic mass is 10.1. The van der Waals surface area contributed by atoms with E-state index in [9.17, 15) is 10.2 Å². The Labute approximate surface area is 112 Å². The Hall–Kier alpha value is -2.42. The third kappa shape index (κ3) is 3.52. The maximum atomic E-state index is 9.50. The van der Waals surface area contributed by atoms with Crippen LogP contribution in [0.4, 0.5) is 0 Å². The van der Waals surface area contributed by atoms with Crippen LogP contribution in [0.2, 0.25) is 0 Å². The fraction of sp³-hybridized carbons (Fsp3) is 0.125. The fourth-order valence-electron chi connectivity index (χ4n) is 1.77. The number of benzene rings is 2. The highest BCUT2D eigenvalue weighted by molar-refractivity contribution is 5.51. The summed E-state index contributed by atoms with van der Waals surface area (Å²) in [5, 5.41) is 18.7. The highest BCUT2D eigenvalue weighted by Gasteiger charge is 2.01. The third-order valence-corrected chi connectivity index (χ3v) is 2.80. The smallest absolute Gasteiger partial charge is 0.160 e. The quantitative estimate of drug-likeness (QED) is 0.881. The molecule has 3 heteroatoms. The summed E-state index contributed by atoms with van der Waals surface area (Å²) in [4.78, 5) is 0. The number of aromatic hydroxyl groups is 2. The summed E-state index contributed by atoms with van der Waals surface area (Å²) in [5.41, 5.74) is 2.09. The Bertz CT molecular complexity index is 571. The summed E-state index contributed by atoms with van der Waals surface area (Å²) < 4.78 is 5.06. The van der Waals surface area contributed by atoms with E-state index in [2.05, 4.69) is 0 Å². The van der Waals surface area contributed by atoms with Crippen LogP contribution in [0.3, 0.4) is 0 Å². The van der Waals surface area contributed by atoms with E-state index in [0.29, 0.717) is 5.75 Å². The van der Waals surface area contributed by atoms with Crippen LogP contribution in [0.25, 0.3) is 6.08 Å². The summed E-state index contributed by atoms with van der Waals surface area (Å²) in [6, 6.07) is 12.3. The predicted octanol–water partition coefficient (Wildman–Crippen LogP) is 3.36. The standard InChI is InChI=1S/C16H16O3/c1-19-16-11-13(7-10-15(16)18)4-2-3-12-5-8-14(17)9-6-12/h2-3,5-11,17-18H,4H2,1H3/b3-2+. The minimum absolute atomic E-state index is 0.147. The first-order chi connectivity index (χ1) is 9.19. The molecule has 0 aliphatic heterocycles. The Morgan fingerprint density at radius 3 is 2.47 bits per heavy atom. The van der Waals surface area contributed by atoms with Gasteiger partial charge in [-0.15, -0.1) is 0 Å². The lowest BCUT2D eigenvalue weighted by molar-refractivity contribution is 0.373. The number of allylic oxidation sites excluding steroid dienone is 1. The summed E-state index contributed by atoms with van der Waals surface area (Å²) in [7, 11) is 1.53. The van der Waals surface area contributed by atoms with Crippen molar-refractivity contribution in [1.29, 1.82) is 0 Å². The maximum Gasteiger partial charge on any atom is 0.160 e. The zero-order valence-corrected chi connectivity index (χ0v) is 10.7. The molecular weight excluding hydrogens is 240 g/mol. The van der Waals surface area contributed by atoms with Gasteiger partial charge in [0.25, 0.3) is 0 Å². The van der Waals surface area contributed by atoms with Crippen molar-refractivity contribution in [2.24, 2.45) is 0 Å². The van der Waals surface area contributed by atoms with Gasteiger partial charge < -0.3 is 14.9 Å². The van der Waals surface area contributed by atoms with Crippen LogP contribution in [0.5, 0.6) is 17.2 Å². The third-order valence-electron chi connectivity index (χ3n) is 2.80. The Morgan fingerprint density at radius 2 is 1.79 bits per heavy atom.